The minimum Gasteiger partial charge on any atom is -0.348 e. The lowest BCUT2D eigenvalue weighted by atomic mass is 9.80. The predicted octanol–water partition coefficient (Wildman–Crippen LogP) is 5.46. The fourth-order valence-electron chi connectivity index (χ4n) is 4.60. The van der Waals surface area contributed by atoms with Gasteiger partial charge < -0.3 is 4.57 Å². The van der Waals surface area contributed by atoms with Gasteiger partial charge in [0.25, 0.3) is 0 Å². The van der Waals surface area contributed by atoms with Crippen molar-refractivity contribution in [3.63, 3.8) is 0 Å². The van der Waals surface area contributed by atoms with Gasteiger partial charge in [-0.25, -0.2) is 0 Å². The Kier molecular flexibility index (Phi) is 3.37. The van der Waals surface area contributed by atoms with Crippen LogP contribution in [0.3, 0.4) is 0 Å². The summed E-state index contributed by atoms with van der Waals surface area (Å²) < 4.78 is 2.62. The minimum absolute atomic E-state index is 0.798. The molecule has 1 saturated carbocycles. The standard InChI is InChI=1S/C20H25N/c1-15-19(16-9-4-2-5-10-16)20(17-11-6-3-7-12-17)18-13-8-14-21(15)18/h3,6-7,11-12,16H,2,4-5,8-10,13-14H2,1H3. The lowest BCUT2D eigenvalue weighted by Gasteiger charge is -2.24. The molecule has 2 aliphatic rings. The van der Waals surface area contributed by atoms with Crippen molar-refractivity contribution in [1.29, 1.82) is 0 Å². The molecule has 4 rings (SSSR count). The average molecular weight is 279 g/mol. The van der Waals surface area contributed by atoms with Crippen molar-refractivity contribution in [3.05, 3.63) is 47.3 Å². The van der Waals surface area contributed by atoms with Crippen molar-refractivity contribution in [2.75, 3.05) is 0 Å². The van der Waals surface area contributed by atoms with Crippen LogP contribution in [0.15, 0.2) is 30.3 Å². The van der Waals surface area contributed by atoms with Crippen LogP contribution in [0.2, 0.25) is 0 Å². The highest BCUT2D eigenvalue weighted by molar-refractivity contribution is 5.73. The van der Waals surface area contributed by atoms with E-state index in [0.717, 1.165) is 5.92 Å². The zero-order valence-electron chi connectivity index (χ0n) is 13.1. The van der Waals surface area contributed by atoms with Gasteiger partial charge in [-0.3, -0.25) is 0 Å². The number of hydrogen-bond acceptors (Lipinski definition) is 0. The van der Waals surface area contributed by atoms with Gasteiger partial charge in [0.1, 0.15) is 0 Å². The third-order valence-electron chi connectivity index (χ3n) is 5.55. The Labute approximate surface area is 128 Å². The first-order chi connectivity index (χ1) is 10.4. The molecule has 0 saturated heterocycles. The van der Waals surface area contributed by atoms with Gasteiger partial charge in [-0.05, 0) is 49.7 Å². The number of hydrogen-bond donors (Lipinski definition) is 0. The molecule has 1 aliphatic carbocycles. The van der Waals surface area contributed by atoms with Crippen LogP contribution in [0, 0.1) is 6.92 Å². The first-order valence-electron chi connectivity index (χ1n) is 8.63. The highest BCUT2D eigenvalue weighted by Gasteiger charge is 2.29. The lowest BCUT2D eigenvalue weighted by Crippen LogP contribution is -2.07. The van der Waals surface area contributed by atoms with E-state index in [4.69, 9.17) is 0 Å². The van der Waals surface area contributed by atoms with Gasteiger partial charge >= 0.3 is 0 Å². The van der Waals surface area contributed by atoms with Gasteiger partial charge in [0.15, 0.2) is 0 Å². The van der Waals surface area contributed by atoms with E-state index in [1.165, 1.54) is 57.1 Å². The van der Waals surface area contributed by atoms with Gasteiger partial charge in [0.2, 0.25) is 0 Å². The Hall–Kier alpha value is -1.50. The summed E-state index contributed by atoms with van der Waals surface area (Å²) in [5, 5.41) is 0. The van der Waals surface area contributed by atoms with Gasteiger partial charge in [-0.15, -0.1) is 0 Å². The van der Waals surface area contributed by atoms with E-state index in [1.54, 1.807) is 22.5 Å². The van der Waals surface area contributed by atoms with E-state index >= 15 is 0 Å². The number of nitrogens with zero attached hydrogens (tertiary/aromatic N) is 1. The second-order valence-electron chi connectivity index (χ2n) is 6.78. The fourth-order valence-corrected chi connectivity index (χ4v) is 4.60. The van der Waals surface area contributed by atoms with Crippen LogP contribution in [-0.4, -0.2) is 4.57 Å². The van der Waals surface area contributed by atoms with Crippen molar-refractivity contribution >= 4 is 0 Å². The SMILES string of the molecule is Cc1c(C2CCCCC2)c(-c2ccccc2)c2n1CCC2. The number of aromatic nitrogens is 1. The Morgan fingerprint density at radius 2 is 1.71 bits per heavy atom. The highest BCUT2D eigenvalue weighted by Crippen LogP contribution is 2.44. The van der Waals surface area contributed by atoms with Crippen LogP contribution in [0.1, 0.15) is 61.4 Å². The molecule has 1 fully saturated rings. The molecule has 2 heterocycles. The Morgan fingerprint density at radius 1 is 0.952 bits per heavy atom. The molecule has 1 heteroatoms. The van der Waals surface area contributed by atoms with E-state index in [0.29, 0.717) is 0 Å². The highest BCUT2D eigenvalue weighted by atomic mass is 15.0. The minimum atomic E-state index is 0.798. The Bertz CT molecular complexity index is 630. The second kappa shape index (κ2) is 5.36. The van der Waals surface area contributed by atoms with Crippen molar-refractivity contribution in [1.82, 2.24) is 4.57 Å². The maximum absolute atomic E-state index is 2.62. The number of rotatable bonds is 2. The summed E-state index contributed by atoms with van der Waals surface area (Å²) in [6.07, 6.45) is 9.63. The van der Waals surface area contributed by atoms with E-state index in [2.05, 4.69) is 41.8 Å². The molecule has 0 radical (unpaired) electrons. The predicted molar refractivity (Wildman–Crippen MR) is 88.8 cm³/mol. The summed E-state index contributed by atoms with van der Waals surface area (Å²) >= 11 is 0. The van der Waals surface area contributed by atoms with Gasteiger partial charge in [-0.1, -0.05) is 49.6 Å². The topological polar surface area (TPSA) is 4.93 Å². The van der Waals surface area contributed by atoms with Crippen molar-refractivity contribution in [2.24, 2.45) is 0 Å². The van der Waals surface area contributed by atoms with E-state index in [1.807, 2.05) is 0 Å². The van der Waals surface area contributed by atoms with E-state index in [-0.39, 0.29) is 0 Å². The molecule has 1 nitrogen and oxygen atoms in total. The van der Waals surface area contributed by atoms with Crippen LogP contribution >= 0.6 is 0 Å². The van der Waals surface area contributed by atoms with Gasteiger partial charge in [0.05, 0.1) is 0 Å². The van der Waals surface area contributed by atoms with E-state index in [9.17, 15) is 0 Å². The number of fused-ring (bicyclic) bond motifs is 1. The summed E-state index contributed by atoms with van der Waals surface area (Å²) in [6.45, 7) is 3.60. The normalized spacial score (nSPS) is 18.9. The van der Waals surface area contributed by atoms with Crippen molar-refractivity contribution in [3.8, 4) is 11.1 Å². The van der Waals surface area contributed by atoms with Crippen LogP contribution in [-0.2, 0) is 13.0 Å². The van der Waals surface area contributed by atoms with E-state index < -0.39 is 0 Å². The number of benzene rings is 1. The first-order valence-corrected chi connectivity index (χ1v) is 8.63. The third kappa shape index (κ3) is 2.14. The summed E-state index contributed by atoms with van der Waals surface area (Å²) in [5.74, 6) is 0.798. The molecule has 0 spiro atoms. The molecular formula is C20H25N. The zero-order chi connectivity index (χ0) is 14.2. The molecule has 0 N–H and O–H groups in total. The average Bonchev–Trinajstić information content (AvgIpc) is 3.11. The molecule has 0 unspecified atom stereocenters. The lowest BCUT2D eigenvalue weighted by molar-refractivity contribution is 0.442. The molecule has 0 amide bonds. The van der Waals surface area contributed by atoms with Crippen LogP contribution in [0.4, 0.5) is 0 Å². The molecule has 2 aromatic rings. The largest absolute Gasteiger partial charge is 0.348 e. The maximum Gasteiger partial charge on any atom is 0.0259 e. The van der Waals surface area contributed by atoms with Crippen LogP contribution < -0.4 is 0 Å². The molecule has 21 heavy (non-hydrogen) atoms. The smallest absolute Gasteiger partial charge is 0.0259 e. The summed E-state index contributed by atoms with van der Waals surface area (Å²) in [7, 11) is 0. The van der Waals surface area contributed by atoms with Crippen LogP contribution in [0.5, 0.6) is 0 Å². The second-order valence-corrected chi connectivity index (χ2v) is 6.78. The zero-order valence-corrected chi connectivity index (χ0v) is 13.1. The molecular weight excluding hydrogens is 254 g/mol. The molecule has 1 aromatic carbocycles. The Morgan fingerprint density at radius 3 is 2.48 bits per heavy atom. The van der Waals surface area contributed by atoms with Crippen LogP contribution in [0.25, 0.3) is 11.1 Å². The Balaban J connectivity index is 1.89. The van der Waals surface area contributed by atoms with Crippen molar-refractivity contribution in [2.45, 2.75) is 64.3 Å². The van der Waals surface area contributed by atoms with Gasteiger partial charge in [-0.2, -0.15) is 0 Å². The molecule has 1 aliphatic heterocycles. The summed E-state index contributed by atoms with van der Waals surface area (Å²) in [4.78, 5) is 0. The monoisotopic (exact) mass is 279 g/mol. The quantitative estimate of drug-likeness (QED) is 0.688. The molecule has 0 bridgehead atoms. The summed E-state index contributed by atoms with van der Waals surface area (Å²) in [5.41, 5.74) is 7.90. The van der Waals surface area contributed by atoms with Crippen molar-refractivity contribution < 1.29 is 0 Å². The van der Waals surface area contributed by atoms with Gasteiger partial charge in [0, 0.05) is 23.5 Å². The maximum atomic E-state index is 2.62. The third-order valence-corrected chi connectivity index (χ3v) is 5.55. The molecule has 0 atom stereocenters. The molecule has 110 valence electrons. The summed E-state index contributed by atoms with van der Waals surface area (Å²) in [6, 6.07) is 11.1. The molecule has 1 aromatic heterocycles. The first kappa shape index (κ1) is 13.2. The fraction of sp³-hybridized carbons (Fsp3) is 0.500.